The van der Waals surface area contributed by atoms with Crippen LogP contribution in [-0.2, 0) is 4.79 Å². The fraction of sp³-hybridized carbons (Fsp3) is 0.625. The molecule has 0 aliphatic carbocycles. The van der Waals surface area contributed by atoms with E-state index in [4.69, 9.17) is 4.74 Å². The Morgan fingerprint density at radius 3 is 1.93 bits per heavy atom. The van der Waals surface area contributed by atoms with Gasteiger partial charge < -0.3 is 4.74 Å². The monoisotopic (exact) mass is 403 g/mol. The van der Waals surface area contributed by atoms with Gasteiger partial charge in [0.25, 0.3) is 5.69 Å². The minimum Gasteiger partial charge on any atom is -0.427 e. The molecule has 0 aromatic heterocycles. The van der Waals surface area contributed by atoms with Crippen molar-refractivity contribution in [2.45, 2.75) is 96.8 Å². The van der Waals surface area contributed by atoms with Gasteiger partial charge >= 0.3 is 5.97 Å². The standard InChI is InChI=1S/C24H37NO4/c1-2-3-4-5-6-7-8-9-10-11-12-13-14-15-16-17-24(26)29-23-20-18-22(19-21-23)25(27)28/h9-10,18-21H,2-8,11-17H2,1H3/b10-9-. The van der Waals surface area contributed by atoms with Gasteiger partial charge in [0, 0.05) is 18.6 Å². The maximum Gasteiger partial charge on any atom is 0.311 e. The lowest BCUT2D eigenvalue weighted by Crippen LogP contribution is -2.07. The van der Waals surface area contributed by atoms with Crippen molar-refractivity contribution in [1.29, 1.82) is 0 Å². The first-order chi connectivity index (χ1) is 14.1. The molecule has 5 heteroatoms. The van der Waals surface area contributed by atoms with Gasteiger partial charge in [-0.25, -0.2) is 0 Å². The summed E-state index contributed by atoms with van der Waals surface area (Å²) in [4.78, 5) is 21.9. The molecule has 0 heterocycles. The molecule has 0 unspecified atom stereocenters. The normalized spacial score (nSPS) is 11.1. The number of nitro benzene ring substituents is 1. The summed E-state index contributed by atoms with van der Waals surface area (Å²) in [5.41, 5.74) is -0.0120. The Kier molecular flexibility index (Phi) is 14.4. The van der Waals surface area contributed by atoms with Gasteiger partial charge in [-0.1, -0.05) is 70.4 Å². The maximum atomic E-state index is 11.8. The van der Waals surface area contributed by atoms with Crippen molar-refractivity contribution in [3.05, 3.63) is 46.5 Å². The number of nitrogens with zero attached hydrogens (tertiary/aromatic N) is 1. The van der Waals surface area contributed by atoms with Crippen molar-refractivity contribution in [1.82, 2.24) is 0 Å². The SMILES string of the molecule is CCCCCCCC/C=C\CCCCCCCC(=O)Oc1ccc([N+](=O)[O-])cc1. The third-order valence-corrected chi connectivity index (χ3v) is 4.92. The van der Waals surface area contributed by atoms with Gasteiger partial charge in [-0.3, -0.25) is 14.9 Å². The van der Waals surface area contributed by atoms with Gasteiger partial charge in [0.05, 0.1) is 4.92 Å². The van der Waals surface area contributed by atoms with Crippen LogP contribution in [0, 0.1) is 10.1 Å². The lowest BCUT2D eigenvalue weighted by molar-refractivity contribution is -0.384. The van der Waals surface area contributed by atoms with E-state index in [1.165, 1.54) is 82.1 Å². The number of non-ortho nitro benzene ring substituents is 1. The van der Waals surface area contributed by atoms with E-state index in [0.29, 0.717) is 12.2 Å². The predicted molar refractivity (Wildman–Crippen MR) is 118 cm³/mol. The largest absolute Gasteiger partial charge is 0.427 e. The average molecular weight is 404 g/mol. The molecule has 162 valence electrons. The van der Waals surface area contributed by atoms with Gasteiger partial charge in [0.1, 0.15) is 5.75 Å². The van der Waals surface area contributed by atoms with Crippen LogP contribution >= 0.6 is 0 Å². The number of carbonyl (C=O) groups is 1. The van der Waals surface area contributed by atoms with Crippen LogP contribution in [-0.4, -0.2) is 10.9 Å². The first-order valence-electron chi connectivity index (χ1n) is 11.2. The van der Waals surface area contributed by atoms with E-state index < -0.39 is 4.92 Å². The highest BCUT2D eigenvalue weighted by Gasteiger charge is 2.08. The number of allylic oxidation sites excluding steroid dienone is 2. The van der Waals surface area contributed by atoms with E-state index in [9.17, 15) is 14.9 Å². The van der Waals surface area contributed by atoms with Crippen molar-refractivity contribution in [2.75, 3.05) is 0 Å². The van der Waals surface area contributed by atoms with E-state index in [-0.39, 0.29) is 11.7 Å². The fourth-order valence-corrected chi connectivity index (χ4v) is 3.16. The number of benzene rings is 1. The molecule has 0 saturated carbocycles. The summed E-state index contributed by atoms with van der Waals surface area (Å²) in [6.45, 7) is 2.25. The highest BCUT2D eigenvalue weighted by atomic mass is 16.6. The van der Waals surface area contributed by atoms with E-state index in [2.05, 4.69) is 19.1 Å². The zero-order chi connectivity index (χ0) is 21.2. The predicted octanol–water partition coefficient (Wildman–Crippen LogP) is 7.54. The lowest BCUT2D eigenvalue weighted by atomic mass is 10.1. The van der Waals surface area contributed by atoms with Crippen molar-refractivity contribution in [2.24, 2.45) is 0 Å². The molecule has 0 spiro atoms. The Morgan fingerprint density at radius 1 is 0.862 bits per heavy atom. The van der Waals surface area contributed by atoms with E-state index in [1.54, 1.807) is 0 Å². The summed E-state index contributed by atoms with van der Waals surface area (Å²) in [7, 11) is 0. The molecule has 0 aliphatic heterocycles. The zero-order valence-electron chi connectivity index (χ0n) is 17.9. The number of rotatable bonds is 17. The van der Waals surface area contributed by atoms with Gasteiger partial charge in [-0.05, 0) is 44.2 Å². The molecular formula is C24H37NO4. The Hall–Kier alpha value is -2.17. The summed E-state index contributed by atoms with van der Waals surface area (Å²) in [5.74, 6) is 0.0739. The van der Waals surface area contributed by atoms with E-state index in [1.807, 2.05) is 0 Å². The Labute approximate surface area is 175 Å². The number of unbranched alkanes of at least 4 members (excludes halogenated alkanes) is 11. The number of hydrogen-bond donors (Lipinski definition) is 0. The minimum absolute atomic E-state index is 0.0120. The van der Waals surface area contributed by atoms with Crippen LogP contribution in [0.15, 0.2) is 36.4 Å². The molecule has 0 amide bonds. The number of carbonyl (C=O) groups excluding carboxylic acids is 1. The highest BCUT2D eigenvalue weighted by Crippen LogP contribution is 2.18. The molecule has 0 fully saturated rings. The molecule has 1 aromatic rings. The van der Waals surface area contributed by atoms with Crippen molar-refractivity contribution >= 4 is 11.7 Å². The summed E-state index contributed by atoms with van der Waals surface area (Å²) >= 11 is 0. The lowest BCUT2D eigenvalue weighted by Gasteiger charge is -2.04. The number of hydrogen-bond acceptors (Lipinski definition) is 4. The first kappa shape index (κ1) is 24.9. The molecule has 1 rings (SSSR count). The molecular weight excluding hydrogens is 366 g/mol. The minimum atomic E-state index is -0.475. The van der Waals surface area contributed by atoms with Crippen LogP contribution in [0.2, 0.25) is 0 Å². The molecule has 0 bridgehead atoms. The quantitative estimate of drug-likeness (QED) is 0.0672. The summed E-state index contributed by atoms with van der Waals surface area (Å²) in [6.07, 6.45) is 20.9. The van der Waals surface area contributed by atoms with Gasteiger partial charge in [0.15, 0.2) is 0 Å². The van der Waals surface area contributed by atoms with Crippen LogP contribution in [0.3, 0.4) is 0 Å². The topological polar surface area (TPSA) is 69.4 Å². The molecule has 0 saturated heterocycles. The Balaban J connectivity index is 1.93. The second kappa shape index (κ2) is 16.8. The van der Waals surface area contributed by atoms with Crippen LogP contribution in [0.5, 0.6) is 5.75 Å². The van der Waals surface area contributed by atoms with E-state index in [0.717, 1.165) is 25.7 Å². The fourth-order valence-electron chi connectivity index (χ4n) is 3.16. The van der Waals surface area contributed by atoms with Crippen molar-refractivity contribution < 1.29 is 14.5 Å². The van der Waals surface area contributed by atoms with E-state index >= 15 is 0 Å². The Bertz CT molecular complexity index is 595. The smallest absolute Gasteiger partial charge is 0.311 e. The summed E-state index contributed by atoms with van der Waals surface area (Å²) < 4.78 is 5.20. The molecule has 0 N–H and O–H groups in total. The van der Waals surface area contributed by atoms with Crippen molar-refractivity contribution in [3.63, 3.8) is 0 Å². The van der Waals surface area contributed by atoms with Gasteiger partial charge in [-0.2, -0.15) is 0 Å². The number of esters is 1. The van der Waals surface area contributed by atoms with Gasteiger partial charge in [0.2, 0.25) is 0 Å². The van der Waals surface area contributed by atoms with Crippen molar-refractivity contribution in [3.8, 4) is 5.75 Å². The third kappa shape index (κ3) is 13.6. The molecule has 5 nitrogen and oxygen atoms in total. The number of ether oxygens (including phenoxy) is 1. The molecule has 0 radical (unpaired) electrons. The number of nitro groups is 1. The second-order valence-corrected chi connectivity index (χ2v) is 7.56. The summed E-state index contributed by atoms with van der Waals surface area (Å²) in [6, 6.07) is 5.58. The highest BCUT2D eigenvalue weighted by molar-refractivity contribution is 5.72. The molecule has 0 atom stereocenters. The molecule has 29 heavy (non-hydrogen) atoms. The van der Waals surface area contributed by atoms with Crippen LogP contribution in [0.4, 0.5) is 5.69 Å². The van der Waals surface area contributed by atoms with Gasteiger partial charge in [-0.15, -0.1) is 0 Å². The van der Waals surface area contributed by atoms with Crippen LogP contribution in [0.1, 0.15) is 96.8 Å². The third-order valence-electron chi connectivity index (χ3n) is 4.92. The van der Waals surface area contributed by atoms with Crippen LogP contribution < -0.4 is 4.74 Å². The summed E-state index contributed by atoms with van der Waals surface area (Å²) in [5, 5.41) is 10.6. The second-order valence-electron chi connectivity index (χ2n) is 7.56. The maximum absolute atomic E-state index is 11.8. The van der Waals surface area contributed by atoms with Crippen LogP contribution in [0.25, 0.3) is 0 Å². The Morgan fingerprint density at radius 2 is 1.38 bits per heavy atom. The first-order valence-corrected chi connectivity index (χ1v) is 11.2. The molecule has 1 aromatic carbocycles. The zero-order valence-corrected chi connectivity index (χ0v) is 17.9. The molecule has 0 aliphatic rings. The average Bonchev–Trinajstić information content (AvgIpc) is 2.71.